The van der Waals surface area contributed by atoms with E-state index in [1.54, 1.807) is 18.2 Å². The Hall–Kier alpha value is -3.31. The van der Waals surface area contributed by atoms with Gasteiger partial charge in [0.15, 0.2) is 9.84 Å². The number of halogens is 1. The molecule has 1 atom stereocenters. The lowest BCUT2D eigenvalue weighted by atomic mass is 9.91. The van der Waals surface area contributed by atoms with Gasteiger partial charge in [-0.25, -0.2) is 27.8 Å². The predicted molar refractivity (Wildman–Crippen MR) is 134 cm³/mol. The molecule has 1 saturated carbocycles. The van der Waals surface area contributed by atoms with Gasteiger partial charge in [-0.2, -0.15) is 0 Å². The van der Waals surface area contributed by atoms with E-state index in [2.05, 4.69) is 19.9 Å². The number of ether oxygens (including phenoxy) is 2. The monoisotopic (exact) mass is 528 g/mol. The zero-order chi connectivity index (χ0) is 26.4. The van der Waals surface area contributed by atoms with Crippen LogP contribution in [0.25, 0.3) is 11.3 Å². The third-order valence-electron chi connectivity index (χ3n) is 6.06. The summed E-state index contributed by atoms with van der Waals surface area (Å²) in [4.78, 5) is 30.2. The highest BCUT2D eigenvalue weighted by atomic mass is 32.2. The van der Waals surface area contributed by atoms with Crippen LogP contribution in [-0.2, 0) is 31.5 Å². The molecule has 196 valence electrons. The fourth-order valence-electron chi connectivity index (χ4n) is 3.98. The Morgan fingerprint density at radius 3 is 2.70 bits per heavy atom. The first-order valence-corrected chi connectivity index (χ1v) is 13.8. The van der Waals surface area contributed by atoms with Crippen LogP contribution in [-0.4, -0.2) is 59.7 Å². The van der Waals surface area contributed by atoms with Gasteiger partial charge >= 0.3 is 0 Å². The first-order chi connectivity index (χ1) is 17.8. The molecule has 0 aliphatic heterocycles. The van der Waals surface area contributed by atoms with E-state index in [-0.39, 0.29) is 41.2 Å². The van der Waals surface area contributed by atoms with Crippen molar-refractivity contribution in [2.75, 3.05) is 20.3 Å². The molecule has 1 aliphatic rings. The Labute approximate surface area is 215 Å². The molecule has 1 fully saturated rings. The largest absolute Gasteiger partial charge is 0.477 e. The number of hydrogen-bond acceptors (Lipinski definition) is 9. The van der Waals surface area contributed by atoms with Gasteiger partial charge in [-0.1, -0.05) is 12.1 Å². The van der Waals surface area contributed by atoms with E-state index in [0.717, 1.165) is 0 Å². The van der Waals surface area contributed by atoms with E-state index in [4.69, 9.17) is 9.47 Å². The van der Waals surface area contributed by atoms with Crippen molar-refractivity contribution in [2.45, 2.75) is 49.5 Å². The van der Waals surface area contributed by atoms with Crippen molar-refractivity contribution in [3.63, 3.8) is 0 Å². The quantitative estimate of drug-likeness (QED) is 0.328. The molecule has 11 heteroatoms. The average molecular weight is 529 g/mol. The second-order valence-electron chi connectivity index (χ2n) is 8.86. The molecule has 0 amide bonds. The molecule has 0 spiro atoms. The number of hydrogen-bond donors (Lipinski definition) is 0. The van der Waals surface area contributed by atoms with E-state index < -0.39 is 21.6 Å². The smallest absolute Gasteiger partial charge is 0.232 e. The molecular weight excluding hydrogens is 499 g/mol. The van der Waals surface area contributed by atoms with E-state index in [1.807, 2.05) is 6.92 Å². The van der Waals surface area contributed by atoms with Crippen LogP contribution in [0.2, 0.25) is 0 Å². The summed E-state index contributed by atoms with van der Waals surface area (Å²) >= 11 is 0. The van der Waals surface area contributed by atoms with Crippen molar-refractivity contribution in [3.05, 3.63) is 65.8 Å². The minimum Gasteiger partial charge on any atom is -0.477 e. The van der Waals surface area contributed by atoms with Gasteiger partial charge in [0.2, 0.25) is 5.88 Å². The molecular formula is C26H29FN4O5S. The molecule has 3 aromatic rings. The summed E-state index contributed by atoms with van der Waals surface area (Å²) in [6, 6.07) is 6.15. The molecule has 4 rings (SSSR count). The summed E-state index contributed by atoms with van der Waals surface area (Å²) in [5.74, 6) is -1.26. The first-order valence-electron chi connectivity index (χ1n) is 12.1. The summed E-state index contributed by atoms with van der Waals surface area (Å²) in [5.41, 5.74) is 1.60. The number of ketones is 1. The zero-order valence-corrected chi connectivity index (χ0v) is 21.6. The standard InChI is InChI=1S/C26H29FN4O5S/c1-3-36-26-15-28-14-23(31-26)18-5-4-17(21(27)12-18)13-24(32)20(9-11-35-2)22-8-10-29-25(30-22)16-37(33,34)19-6-7-19/h4-5,8,10,12,14-15,19-20H,3,6-7,9,11,13,16H2,1-2H3. The highest BCUT2D eigenvalue weighted by Crippen LogP contribution is 2.31. The molecule has 37 heavy (non-hydrogen) atoms. The minimum absolute atomic E-state index is 0.158. The van der Waals surface area contributed by atoms with E-state index in [0.29, 0.717) is 48.7 Å². The third kappa shape index (κ3) is 6.92. The molecule has 2 aromatic heterocycles. The van der Waals surface area contributed by atoms with Gasteiger partial charge in [-0.05, 0) is 43.9 Å². The number of nitrogens with zero attached hydrogens (tertiary/aromatic N) is 4. The summed E-state index contributed by atoms with van der Waals surface area (Å²) in [6.45, 7) is 2.55. The minimum atomic E-state index is -3.31. The van der Waals surface area contributed by atoms with Crippen LogP contribution < -0.4 is 4.74 Å². The Kier molecular flexibility index (Phi) is 8.55. The van der Waals surface area contributed by atoms with Gasteiger partial charge in [0, 0.05) is 31.9 Å². The molecule has 0 saturated heterocycles. The number of carbonyl (C=O) groups excluding carboxylic acids is 1. The van der Waals surface area contributed by atoms with E-state index in [1.165, 1.54) is 31.8 Å². The number of Topliss-reactive ketones (excluding diaryl/α,β-unsaturated/α-hetero) is 1. The summed E-state index contributed by atoms with van der Waals surface area (Å²) in [6.07, 6.45) is 5.93. The zero-order valence-electron chi connectivity index (χ0n) is 20.8. The van der Waals surface area contributed by atoms with Crippen LogP contribution >= 0.6 is 0 Å². The average Bonchev–Trinajstić information content (AvgIpc) is 3.72. The molecule has 1 aliphatic carbocycles. The number of rotatable bonds is 13. The second kappa shape index (κ2) is 11.8. The number of sulfone groups is 1. The lowest BCUT2D eigenvalue weighted by Crippen LogP contribution is -2.20. The van der Waals surface area contributed by atoms with Crippen molar-refractivity contribution in [1.29, 1.82) is 0 Å². The number of carbonyl (C=O) groups is 1. The molecule has 2 heterocycles. The summed E-state index contributed by atoms with van der Waals surface area (Å²) in [5, 5.41) is -0.329. The maximum absolute atomic E-state index is 15.0. The van der Waals surface area contributed by atoms with Crippen molar-refractivity contribution in [1.82, 2.24) is 19.9 Å². The molecule has 1 unspecified atom stereocenters. The van der Waals surface area contributed by atoms with Crippen molar-refractivity contribution in [3.8, 4) is 17.1 Å². The van der Waals surface area contributed by atoms with Crippen LogP contribution in [0, 0.1) is 5.82 Å². The van der Waals surface area contributed by atoms with Crippen LogP contribution in [0.15, 0.2) is 42.9 Å². The molecule has 0 radical (unpaired) electrons. The van der Waals surface area contributed by atoms with Crippen LogP contribution in [0.4, 0.5) is 4.39 Å². The highest BCUT2D eigenvalue weighted by Gasteiger charge is 2.36. The van der Waals surface area contributed by atoms with Crippen molar-refractivity contribution >= 4 is 15.6 Å². The Morgan fingerprint density at radius 1 is 1.19 bits per heavy atom. The van der Waals surface area contributed by atoms with Gasteiger partial charge in [0.05, 0.1) is 41.6 Å². The number of aromatic nitrogens is 4. The maximum atomic E-state index is 15.0. The molecule has 1 aromatic carbocycles. The Bertz CT molecular complexity index is 1360. The topological polar surface area (TPSA) is 121 Å². The lowest BCUT2D eigenvalue weighted by molar-refractivity contribution is -0.120. The van der Waals surface area contributed by atoms with E-state index >= 15 is 4.39 Å². The first kappa shape index (κ1) is 26.7. The maximum Gasteiger partial charge on any atom is 0.232 e. The third-order valence-corrected chi connectivity index (χ3v) is 8.21. The normalized spacial score (nSPS) is 14.4. The van der Waals surface area contributed by atoms with Crippen LogP contribution in [0.5, 0.6) is 5.88 Å². The van der Waals surface area contributed by atoms with Crippen molar-refractivity contribution in [2.24, 2.45) is 0 Å². The predicted octanol–water partition coefficient (Wildman–Crippen LogP) is 3.48. The molecule has 0 N–H and O–H groups in total. The fourth-order valence-corrected chi connectivity index (χ4v) is 5.57. The van der Waals surface area contributed by atoms with Crippen molar-refractivity contribution < 1.29 is 27.1 Å². The van der Waals surface area contributed by atoms with Gasteiger partial charge in [-0.15, -0.1) is 0 Å². The molecule has 0 bridgehead atoms. The SMILES string of the molecule is CCOc1cncc(-c2ccc(CC(=O)C(CCOC)c3ccnc(CS(=O)(=O)C4CC4)n3)c(F)c2)n1. The Balaban J connectivity index is 1.53. The van der Waals surface area contributed by atoms with Gasteiger partial charge in [-0.3, -0.25) is 9.78 Å². The second-order valence-corrected chi connectivity index (χ2v) is 11.1. The molecule has 9 nitrogen and oxygen atoms in total. The summed E-state index contributed by atoms with van der Waals surface area (Å²) in [7, 11) is -1.78. The van der Waals surface area contributed by atoms with Crippen LogP contribution in [0.3, 0.4) is 0 Å². The number of benzene rings is 1. The lowest BCUT2D eigenvalue weighted by Gasteiger charge is -2.16. The highest BCUT2D eigenvalue weighted by molar-refractivity contribution is 7.91. The fraction of sp³-hybridized carbons (Fsp3) is 0.423. The van der Waals surface area contributed by atoms with Gasteiger partial charge < -0.3 is 9.47 Å². The number of methoxy groups -OCH3 is 1. The van der Waals surface area contributed by atoms with Gasteiger partial charge in [0.1, 0.15) is 23.2 Å². The van der Waals surface area contributed by atoms with Crippen LogP contribution in [0.1, 0.15) is 49.2 Å². The summed E-state index contributed by atoms with van der Waals surface area (Å²) < 4.78 is 50.3. The van der Waals surface area contributed by atoms with E-state index in [9.17, 15) is 13.2 Å². The van der Waals surface area contributed by atoms with Gasteiger partial charge in [0.25, 0.3) is 0 Å². The Morgan fingerprint density at radius 2 is 2.00 bits per heavy atom.